The van der Waals surface area contributed by atoms with Gasteiger partial charge in [-0.1, -0.05) is 12.1 Å². The number of amides is 1. The summed E-state index contributed by atoms with van der Waals surface area (Å²) in [5.74, 6) is 0.117. The number of rotatable bonds is 4. The van der Waals surface area contributed by atoms with Gasteiger partial charge in [-0.2, -0.15) is 0 Å². The number of aromatic amines is 1. The van der Waals surface area contributed by atoms with E-state index in [-0.39, 0.29) is 5.91 Å². The van der Waals surface area contributed by atoms with Crippen LogP contribution in [0.25, 0.3) is 11.0 Å². The maximum absolute atomic E-state index is 11.7. The molecule has 0 radical (unpaired) electrons. The molecule has 1 fully saturated rings. The molecule has 1 heterocycles. The molecule has 100 valence electrons. The topological polar surface area (TPSA) is 49.8 Å². The van der Waals surface area contributed by atoms with Gasteiger partial charge >= 0.3 is 0 Å². The van der Waals surface area contributed by atoms with Gasteiger partial charge in [0.15, 0.2) is 4.77 Å². The minimum atomic E-state index is 0.117. The predicted molar refractivity (Wildman–Crippen MR) is 77.6 cm³/mol. The van der Waals surface area contributed by atoms with E-state index in [0.717, 1.165) is 23.9 Å². The van der Waals surface area contributed by atoms with Gasteiger partial charge in [-0.3, -0.25) is 4.79 Å². The number of H-pyrrole nitrogens is 1. The number of carbonyl (C=O) groups excluding carboxylic acids is 1. The minimum absolute atomic E-state index is 0.117. The highest BCUT2D eigenvalue weighted by Crippen LogP contribution is 2.20. The number of aromatic nitrogens is 2. The Morgan fingerprint density at radius 3 is 3.05 bits per heavy atom. The molecule has 5 heteroatoms. The molecule has 3 rings (SSSR count). The lowest BCUT2D eigenvalue weighted by molar-refractivity contribution is -0.121. The van der Waals surface area contributed by atoms with Gasteiger partial charge in [-0.25, -0.2) is 0 Å². The van der Waals surface area contributed by atoms with E-state index in [9.17, 15) is 4.79 Å². The second kappa shape index (κ2) is 4.81. The van der Waals surface area contributed by atoms with Crippen LogP contribution >= 0.6 is 12.2 Å². The largest absolute Gasteiger partial charge is 0.353 e. The van der Waals surface area contributed by atoms with E-state index in [2.05, 4.69) is 23.3 Å². The van der Waals surface area contributed by atoms with Crippen LogP contribution in [0.1, 0.15) is 24.8 Å². The quantitative estimate of drug-likeness (QED) is 0.843. The molecule has 0 unspecified atom stereocenters. The van der Waals surface area contributed by atoms with Gasteiger partial charge in [0.05, 0.1) is 11.0 Å². The predicted octanol–water partition coefficient (Wildman–Crippen LogP) is 2.68. The molecule has 19 heavy (non-hydrogen) atoms. The van der Waals surface area contributed by atoms with Crippen LogP contribution in [0.2, 0.25) is 0 Å². The Morgan fingerprint density at radius 2 is 2.32 bits per heavy atom. The van der Waals surface area contributed by atoms with Crippen molar-refractivity contribution in [2.45, 2.75) is 38.8 Å². The molecule has 1 amide bonds. The van der Waals surface area contributed by atoms with Gasteiger partial charge in [0.2, 0.25) is 5.91 Å². The fourth-order valence-corrected chi connectivity index (χ4v) is 2.58. The van der Waals surface area contributed by atoms with Gasteiger partial charge in [-0.15, -0.1) is 0 Å². The molecule has 2 aromatic rings. The molecule has 1 aliphatic rings. The van der Waals surface area contributed by atoms with E-state index in [4.69, 9.17) is 12.2 Å². The van der Waals surface area contributed by atoms with Crippen LogP contribution in [0.4, 0.5) is 0 Å². The molecule has 1 aromatic heterocycles. The van der Waals surface area contributed by atoms with Crippen LogP contribution in [0.3, 0.4) is 0 Å². The Kier molecular flexibility index (Phi) is 3.14. The molecule has 0 saturated heterocycles. The van der Waals surface area contributed by atoms with Gasteiger partial charge in [0.25, 0.3) is 0 Å². The zero-order valence-corrected chi connectivity index (χ0v) is 11.7. The van der Waals surface area contributed by atoms with E-state index in [1.54, 1.807) is 0 Å². The number of benzene rings is 1. The van der Waals surface area contributed by atoms with Crippen LogP contribution < -0.4 is 5.32 Å². The summed E-state index contributed by atoms with van der Waals surface area (Å²) >= 11 is 5.34. The van der Waals surface area contributed by atoms with Crippen LogP contribution in [-0.2, 0) is 11.3 Å². The van der Waals surface area contributed by atoms with Gasteiger partial charge in [-0.05, 0) is 43.6 Å². The second-order valence-corrected chi connectivity index (χ2v) is 5.53. The monoisotopic (exact) mass is 275 g/mol. The summed E-state index contributed by atoms with van der Waals surface area (Å²) in [6.45, 7) is 2.68. The molecular formula is C14H17N3OS. The molecule has 1 saturated carbocycles. The number of aryl methyl sites for hydroxylation is 2. The Labute approximate surface area is 116 Å². The van der Waals surface area contributed by atoms with E-state index < -0.39 is 0 Å². The maximum Gasteiger partial charge on any atom is 0.222 e. The number of carbonyl (C=O) groups is 1. The first-order valence-corrected chi connectivity index (χ1v) is 7.03. The molecule has 0 aliphatic heterocycles. The molecule has 1 aromatic carbocycles. The smallest absolute Gasteiger partial charge is 0.222 e. The van der Waals surface area contributed by atoms with Crippen molar-refractivity contribution in [3.05, 3.63) is 28.5 Å². The minimum Gasteiger partial charge on any atom is -0.353 e. The Hall–Kier alpha value is -1.62. The van der Waals surface area contributed by atoms with Crippen LogP contribution in [0, 0.1) is 11.7 Å². The highest BCUT2D eigenvalue weighted by atomic mass is 32.1. The van der Waals surface area contributed by atoms with Gasteiger partial charge < -0.3 is 14.9 Å². The Morgan fingerprint density at radius 1 is 1.53 bits per heavy atom. The average Bonchev–Trinajstić information content (AvgIpc) is 3.11. The lowest BCUT2D eigenvalue weighted by Gasteiger charge is -2.05. The zero-order valence-electron chi connectivity index (χ0n) is 10.9. The summed E-state index contributed by atoms with van der Waals surface area (Å²) in [5.41, 5.74) is 3.31. The number of imidazole rings is 1. The van der Waals surface area contributed by atoms with Crippen LogP contribution in [0.15, 0.2) is 18.2 Å². The van der Waals surface area contributed by atoms with Crippen molar-refractivity contribution in [2.75, 3.05) is 0 Å². The van der Waals surface area contributed by atoms with E-state index in [1.165, 1.54) is 5.56 Å². The number of para-hydroxylation sites is 1. The van der Waals surface area contributed by atoms with Gasteiger partial charge in [0.1, 0.15) is 0 Å². The third kappa shape index (κ3) is 2.56. The molecule has 0 atom stereocenters. The SMILES string of the molecule is Cc1cccc2c1[nH]c(=S)n2CCC(=O)NC1CC1. The van der Waals surface area contributed by atoms with Crippen molar-refractivity contribution in [3.63, 3.8) is 0 Å². The molecular weight excluding hydrogens is 258 g/mol. The lowest BCUT2D eigenvalue weighted by Crippen LogP contribution is -2.26. The fraction of sp³-hybridized carbons (Fsp3) is 0.429. The summed E-state index contributed by atoms with van der Waals surface area (Å²) in [5, 5.41) is 3.00. The average molecular weight is 275 g/mol. The molecule has 1 aliphatic carbocycles. The first-order valence-electron chi connectivity index (χ1n) is 6.62. The van der Waals surface area contributed by atoms with Crippen molar-refractivity contribution in [1.82, 2.24) is 14.9 Å². The van der Waals surface area contributed by atoms with Gasteiger partial charge in [0, 0.05) is 19.0 Å². The van der Waals surface area contributed by atoms with Crippen molar-refractivity contribution in [1.29, 1.82) is 0 Å². The summed E-state index contributed by atoms with van der Waals surface area (Å²) in [7, 11) is 0. The van der Waals surface area contributed by atoms with Crippen LogP contribution in [-0.4, -0.2) is 21.5 Å². The summed E-state index contributed by atoms with van der Waals surface area (Å²) in [6.07, 6.45) is 2.72. The number of nitrogens with zero attached hydrogens (tertiary/aromatic N) is 1. The Balaban J connectivity index is 1.80. The highest BCUT2D eigenvalue weighted by Gasteiger charge is 2.22. The number of nitrogens with one attached hydrogen (secondary N) is 2. The zero-order chi connectivity index (χ0) is 13.4. The maximum atomic E-state index is 11.7. The standard InChI is InChI=1S/C14H17N3OS/c1-9-3-2-4-11-13(9)16-14(19)17(11)8-7-12(18)15-10-5-6-10/h2-4,10H,5-8H2,1H3,(H,15,18)(H,16,19). The summed E-state index contributed by atoms with van der Waals surface area (Å²) in [4.78, 5) is 15.0. The summed E-state index contributed by atoms with van der Waals surface area (Å²) < 4.78 is 2.69. The van der Waals surface area contributed by atoms with E-state index in [1.807, 2.05) is 16.7 Å². The Bertz CT molecular complexity index is 682. The first kappa shape index (κ1) is 12.4. The lowest BCUT2D eigenvalue weighted by atomic mass is 10.2. The van der Waals surface area contributed by atoms with Crippen molar-refractivity contribution >= 4 is 29.2 Å². The van der Waals surface area contributed by atoms with Crippen LogP contribution in [0.5, 0.6) is 0 Å². The third-order valence-electron chi connectivity index (χ3n) is 3.52. The van der Waals surface area contributed by atoms with Crippen molar-refractivity contribution < 1.29 is 4.79 Å². The third-order valence-corrected chi connectivity index (χ3v) is 3.85. The number of fused-ring (bicyclic) bond motifs is 1. The second-order valence-electron chi connectivity index (χ2n) is 5.14. The number of hydrogen-bond donors (Lipinski definition) is 2. The number of hydrogen-bond acceptors (Lipinski definition) is 2. The normalized spacial score (nSPS) is 14.8. The van der Waals surface area contributed by atoms with E-state index >= 15 is 0 Å². The first-order chi connectivity index (χ1) is 9.15. The highest BCUT2D eigenvalue weighted by molar-refractivity contribution is 7.71. The van der Waals surface area contributed by atoms with Crippen molar-refractivity contribution in [3.8, 4) is 0 Å². The molecule has 0 spiro atoms. The molecule has 0 bridgehead atoms. The molecule has 4 nitrogen and oxygen atoms in total. The van der Waals surface area contributed by atoms with E-state index in [0.29, 0.717) is 23.8 Å². The van der Waals surface area contributed by atoms with Crippen molar-refractivity contribution in [2.24, 2.45) is 0 Å². The fourth-order valence-electron chi connectivity index (χ4n) is 2.29. The molecule has 2 N–H and O–H groups in total. The summed E-state index contributed by atoms with van der Waals surface area (Å²) in [6, 6.07) is 6.53.